The molecule has 0 spiro atoms. The molecule has 0 radical (unpaired) electrons. The summed E-state index contributed by atoms with van der Waals surface area (Å²) in [5.74, 6) is -1.01. The van der Waals surface area contributed by atoms with Crippen molar-refractivity contribution in [3.8, 4) is 0 Å². The molecule has 0 unspecified atom stereocenters. The van der Waals surface area contributed by atoms with Crippen molar-refractivity contribution in [2.75, 3.05) is 13.6 Å². The van der Waals surface area contributed by atoms with Gasteiger partial charge in [0.1, 0.15) is 5.69 Å². The topological polar surface area (TPSA) is 62.2 Å². The van der Waals surface area contributed by atoms with E-state index >= 15 is 0 Å². The number of carbonyl (C=O) groups is 1. The Hall–Kier alpha value is -1.68. The van der Waals surface area contributed by atoms with Crippen LogP contribution in [0.2, 0.25) is 0 Å². The van der Waals surface area contributed by atoms with Gasteiger partial charge in [-0.25, -0.2) is 9.78 Å². The molecule has 4 heteroatoms. The predicted molar refractivity (Wildman–Crippen MR) is 54.2 cm³/mol. The number of hydrogen-bond donors (Lipinski definition) is 2. The number of aromatic nitrogens is 1. The van der Waals surface area contributed by atoms with Crippen LogP contribution in [-0.4, -0.2) is 29.7 Å². The summed E-state index contributed by atoms with van der Waals surface area (Å²) in [7, 11) is 1.85. The lowest BCUT2D eigenvalue weighted by Gasteiger charge is -1.95. The van der Waals surface area contributed by atoms with Crippen molar-refractivity contribution in [2.45, 2.75) is 0 Å². The van der Waals surface area contributed by atoms with Gasteiger partial charge in [0, 0.05) is 12.7 Å². The summed E-state index contributed by atoms with van der Waals surface area (Å²) in [5.41, 5.74) is 0.907. The molecule has 1 heterocycles. The molecular formula is C10H12N2O2. The van der Waals surface area contributed by atoms with Crippen LogP contribution in [0.25, 0.3) is 6.08 Å². The summed E-state index contributed by atoms with van der Waals surface area (Å²) >= 11 is 0. The van der Waals surface area contributed by atoms with E-state index in [-0.39, 0.29) is 5.69 Å². The lowest BCUT2D eigenvalue weighted by atomic mass is 10.2. The molecule has 0 aromatic carbocycles. The summed E-state index contributed by atoms with van der Waals surface area (Å²) in [6.45, 7) is 0.755. The molecule has 0 saturated heterocycles. The van der Waals surface area contributed by atoms with Crippen LogP contribution in [-0.2, 0) is 0 Å². The van der Waals surface area contributed by atoms with Crippen molar-refractivity contribution in [3.05, 3.63) is 35.7 Å². The third-order valence-electron chi connectivity index (χ3n) is 1.64. The Balaban J connectivity index is 2.78. The van der Waals surface area contributed by atoms with E-state index in [1.165, 1.54) is 12.3 Å². The van der Waals surface area contributed by atoms with Crippen LogP contribution in [0, 0.1) is 0 Å². The average molecular weight is 192 g/mol. The minimum absolute atomic E-state index is 0.0663. The quantitative estimate of drug-likeness (QED) is 0.747. The van der Waals surface area contributed by atoms with Gasteiger partial charge in [-0.15, -0.1) is 0 Å². The highest BCUT2D eigenvalue weighted by molar-refractivity contribution is 5.85. The standard InChI is InChI=1S/C10H12N2O2/c1-11-5-2-3-8-4-6-12-9(7-8)10(13)14/h2-4,6-7,11H,5H2,1H3,(H,13,14). The zero-order valence-corrected chi connectivity index (χ0v) is 7.90. The molecule has 74 valence electrons. The first-order chi connectivity index (χ1) is 6.74. The molecule has 4 nitrogen and oxygen atoms in total. The fraction of sp³-hybridized carbons (Fsp3) is 0.200. The Kier molecular flexibility index (Phi) is 3.82. The largest absolute Gasteiger partial charge is 0.477 e. The maximum atomic E-state index is 10.6. The molecule has 1 rings (SSSR count). The first kappa shape index (κ1) is 10.4. The summed E-state index contributed by atoms with van der Waals surface area (Å²) < 4.78 is 0. The van der Waals surface area contributed by atoms with Crippen LogP contribution in [0.3, 0.4) is 0 Å². The van der Waals surface area contributed by atoms with E-state index in [1.807, 2.05) is 19.2 Å². The van der Waals surface area contributed by atoms with Crippen molar-refractivity contribution in [1.29, 1.82) is 0 Å². The third kappa shape index (κ3) is 2.99. The number of rotatable bonds is 4. The Labute approximate surface area is 82.3 Å². The van der Waals surface area contributed by atoms with E-state index in [2.05, 4.69) is 10.3 Å². The second kappa shape index (κ2) is 5.14. The predicted octanol–water partition coefficient (Wildman–Crippen LogP) is 1.01. The number of hydrogen-bond acceptors (Lipinski definition) is 3. The Bertz CT molecular complexity index is 348. The molecular weight excluding hydrogens is 180 g/mol. The summed E-state index contributed by atoms with van der Waals surface area (Å²) in [4.78, 5) is 14.3. The van der Waals surface area contributed by atoms with Gasteiger partial charge < -0.3 is 10.4 Å². The van der Waals surface area contributed by atoms with E-state index in [9.17, 15) is 4.79 Å². The van der Waals surface area contributed by atoms with Crippen molar-refractivity contribution >= 4 is 12.0 Å². The molecule has 0 saturated carbocycles. The first-order valence-corrected chi connectivity index (χ1v) is 4.24. The molecule has 0 amide bonds. The van der Waals surface area contributed by atoms with Gasteiger partial charge in [0.2, 0.25) is 0 Å². The van der Waals surface area contributed by atoms with E-state index in [4.69, 9.17) is 5.11 Å². The normalized spacial score (nSPS) is 10.6. The lowest BCUT2D eigenvalue weighted by Crippen LogP contribution is -2.03. The van der Waals surface area contributed by atoms with E-state index in [1.54, 1.807) is 6.07 Å². The van der Waals surface area contributed by atoms with Gasteiger partial charge in [-0.3, -0.25) is 0 Å². The molecule has 0 fully saturated rings. The van der Waals surface area contributed by atoms with Crippen molar-refractivity contribution < 1.29 is 9.90 Å². The fourth-order valence-electron chi connectivity index (χ4n) is 0.980. The molecule has 0 aliphatic carbocycles. The van der Waals surface area contributed by atoms with Gasteiger partial charge in [-0.05, 0) is 24.7 Å². The van der Waals surface area contributed by atoms with Crippen molar-refractivity contribution in [1.82, 2.24) is 10.3 Å². The molecule has 14 heavy (non-hydrogen) atoms. The highest BCUT2D eigenvalue weighted by Crippen LogP contribution is 2.03. The maximum absolute atomic E-state index is 10.6. The maximum Gasteiger partial charge on any atom is 0.354 e. The number of nitrogens with one attached hydrogen (secondary N) is 1. The van der Waals surface area contributed by atoms with Gasteiger partial charge in [-0.1, -0.05) is 12.2 Å². The first-order valence-electron chi connectivity index (χ1n) is 4.24. The summed E-state index contributed by atoms with van der Waals surface area (Å²) in [6, 6.07) is 3.30. The van der Waals surface area contributed by atoms with Gasteiger partial charge in [0.15, 0.2) is 0 Å². The number of aromatic carboxylic acids is 1. The number of carboxylic acid groups (broad SMARTS) is 1. The Morgan fingerprint density at radius 1 is 1.71 bits per heavy atom. The van der Waals surface area contributed by atoms with Crippen LogP contribution in [0.15, 0.2) is 24.4 Å². The second-order valence-electron chi connectivity index (χ2n) is 2.74. The Morgan fingerprint density at radius 2 is 2.50 bits per heavy atom. The van der Waals surface area contributed by atoms with Crippen molar-refractivity contribution in [3.63, 3.8) is 0 Å². The third-order valence-corrected chi connectivity index (χ3v) is 1.64. The number of likely N-dealkylation sites (N-methyl/N-ethyl adjacent to an activating group) is 1. The zero-order chi connectivity index (χ0) is 10.4. The minimum Gasteiger partial charge on any atom is -0.477 e. The van der Waals surface area contributed by atoms with Gasteiger partial charge in [0.05, 0.1) is 0 Å². The average Bonchev–Trinajstić information content (AvgIpc) is 2.19. The summed E-state index contributed by atoms with van der Waals surface area (Å²) in [6.07, 6.45) is 5.26. The van der Waals surface area contributed by atoms with E-state index in [0.29, 0.717) is 0 Å². The van der Waals surface area contributed by atoms with Gasteiger partial charge in [-0.2, -0.15) is 0 Å². The number of nitrogens with zero attached hydrogens (tertiary/aromatic N) is 1. The molecule has 0 aliphatic heterocycles. The highest BCUT2D eigenvalue weighted by atomic mass is 16.4. The Morgan fingerprint density at radius 3 is 3.14 bits per heavy atom. The van der Waals surface area contributed by atoms with Crippen LogP contribution in [0.1, 0.15) is 16.1 Å². The van der Waals surface area contributed by atoms with Gasteiger partial charge in [0.25, 0.3) is 0 Å². The van der Waals surface area contributed by atoms with Crippen LogP contribution >= 0.6 is 0 Å². The SMILES string of the molecule is CNCC=Cc1ccnc(C(=O)O)c1. The van der Waals surface area contributed by atoms with Crippen molar-refractivity contribution in [2.24, 2.45) is 0 Å². The number of pyridine rings is 1. The van der Waals surface area contributed by atoms with Crippen LogP contribution < -0.4 is 5.32 Å². The molecule has 1 aromatic rings. The molecule has 0 bridgehead atoms. The fourth-order valence-corrected chi connectivity index (χ4v) is 0.980. The van der Waals surface area contributed by atoms with E-state index < -0.39 is 5.97 Å². The number of carboxylic acids is 1. The highest BCUT2D eigenvalue weighted by Gasteiger charge is 2.02. The monoisotopic (exact) mass is 192 g/mol. The second-order valence-corrected chi connectivity index (χ2v) is 2.74. The van der Waals surface area contributed by atoms with Crippen LogP contribution in [0.5, 0.6) is 0 Å². The van der Waals surface area contributed by atoms with Gasteiger partial charge >= 0.3 is 5.97 Å². The lowest BCUT2D eigenvalue weighted by molar-refractivity contribution is 0.0690. The molecule has 0 atom stereocenters. The zero-order valence-electron chi connectivity index (χ0n) is 7.90. The molecule has 0 aliphatic rings. The summed E-state index contributed by atoms with van der Waals surface area (Å²) in [5, 5.41) is 11.6. The smallest absolute Gasteiger partial charge is 0.354 e. The van der Waals surface area contributed by atoms with E-state index in [0.717, 1.165) is 12.1 Å². The molecule has 1 aromatic heterocycles. The molecule has 2 N–H and O–H groups in total. The minimum atomic E-state index is -1.01. The van der Waals surface area contributed by atoms with Crippen LogP contribution in [0.4, 0.5) is 0 Å².